The molecule has 86 valence electrons. The molecule has 1 aromatic heterocycles. The minimum absolute atomic E-state index is 0.562. The molecule has 1 aromatic rings. The van der Waals surface area contributed by atoms with Crippen LogP contribution in [0.2, 0.25) is 0 Å². The third-order valence-corrected chi connectivity index (χ3v) is 3.26. The lowest BCUT2D eigenvalue weighted by Gasteiger charge is -2.07. The van der Waals surface area contributed by atoms with Crippen LogP contribution in [0, 0.1) is 5.92 Å². The first-order valence-electron chi connectivity index (χ1n) is 6.19. The van der Waals surface area contributed by atoms with E-state index < -0.39 is 0 Å². The van der Waals surface area contributed by atoms with Gasteiger partial charge in [0.1, 0.15) is 17.5 Å². The summed E-state index contributed by atoms with van der Waals surface area (Å²) in [5.41, 5.74) is 5.78. The van der Waals surface area contributed by atoms with Gasteiger partial charge in [-0.3, -0.25) is 0 Å². The van der Waals surface area contributed by atoms with Crippen LogP contribution in [0.25, 0.3) is 0 Å². The maximum Gasteiger partial charge on any atom is 0.136 e. The van der Waals surface area contributed by atoms with E-state index in [2.05, 4.69) is 15.3 Å². The second-order valence-corrected chi connectivity index (χ2v) is 4.97. The van der Waals surface area contributed by atoms with Crippen molar-refractivity contribution in [1.82, 2.24) is 9.97 Å². The van der Waals surface area contributed by atoms with Gasteiger partial charge in [-0.2, -0.15) is 0 Å². The first kappa shape index (κ1) is 9.87. The first-order valence-corrected chi connectivity index (χ1v) is 6.19. The fraction of sp³-hybridized carbons (Fsp3) is 0.667. The van der Waals surface area contributed by atoms with Crippen molar-refractivity contribution >= 4 is 11.6 Å². The Balaban J connectivity index is 1.62. The molecule has 0 bridgehead atoms. The third-order valence-electron chi connectivity index (χ3n) is 3.26. The molecule has 2 aliphatic carbocycles. The Labute approximate surface area is 95.7 Å². The van der Waals surface area contributed by atoms with E-state index in [-0.39, 0.29) is 0 Å². The van der Waals surface area contributed by atoms with E-state index in [0.717, 1.165) is 24.1 Å². The van der Waals surface area contributed by atoms with Crippen molar-refractivity contribution in [3.8, 4) is 0 Å². The number of nitrogens with zero attached hydrogens (tertiary/aromatic N) is 2. The van der Waals surface area contributed by atoms with Crippen molar-refractivity contribution in [3.63, 3.8) is 0 Å². The molecule has 0 aromatic carbocycles. The summed E-state index contributed by atoms with van der Waals surface area (Å²) < 4.78 is 0. The van der Waals surface area contributed by atoms with Gasteiger partial charge in [-0.05, 0) is 25.2 Å². The summed E-state index contributed by atoms with van der Waals surface area (Å²) >= 11 is 0. The lowest BCUT2D eigenvalue weighted by molar-refractivity contribution is 0.757. The average molecular weight is 218 g/mol. The molecular formula is C12H18N4. The van der Waals surface area contributed by atoms with Gasteiger partial charge in [-0.15, -0.1) is 0 Å². The van der Waals surface area contributed by atoms with Gasteiger partial charge in [0.2, 0.25) is 0 Å². The summed E-state index contributed by atoms with van der Waals surface area (Å²) in [6, 6.07) is 1.83. The summed E-state index contributed by atoms with van der Waals surface area (Å²) in [5.74, 6) is 3.93. The fourth-order valence-electron chi connectivity index (χ4n) is 1.91. The van der Waals surface area contributed by atoms with Crippen LogP contribution in [-0.4, -0.2) is 16.5 Å². The summed E-state index contributed by atoms with van der Waals surface area (Å²) in [6.45, 7) is 1.01. The SMILES string of the molecule is Nc1cc(NCCC2CC2)nc(C2CC2)n1. The molecule has 2 fully saturated rings. The number of nitrogens with two attached hydrogens (primary N) is 1. The summed E-state index contributed by atoms with van der Waals surface area (Å²) in [6.07, 6.45) is 6.49. The maximum absolute atomic E-state index is 5.78. The van der Waals surface area contributed by atoms with Crippen molar-refractivity contribution in [2.75, 3.05) is 17.6 Å². The maximum atomic E-state index is 5.78. The molecule has 0 saturated heterocycles. The Bertz CT molecular complexity index is 383. The highest BCUT2D eigenvalue weighted by atomic mass is 15.1. The molecule has 0 unspecified atom stereocenters. The number of anilines is 2. The quantitative estimate of drug-likeness (QED) is 0.794. The van der Waals surface area contributed by atoms with Gasteiger partial charge < -0.3 is 11.1 Å². The van der Waals surface area contributed by atoms with Crippen LogP contribution in [-0.2, 0) is 0 Å². The van der Waals surface area contributed by atoms with Gasteiger partial charge in [-0.25, -0.2) is 9.97 Å². The highest BCUT2D eigenvalue weighted by molar-refractivity contribution is 5.45. The molecule has 4 heteroatoms. The van der Waals surface area contributed by atoms with E-state index in [4.69, 9.17) is 5.73 Å². The van der Waals surface area contributed by atoms with Crippen LogP contribution >= 0.6 is 0 Å². The monoisotopic (exact) mass is 218 g/mol. The van der Waals surface area contributed by atoms with E-state index in [0.29, 0.717) is 11.7 Å². The van der Waals surface area contributed by atoms with E-state index in [1.165, 1.54) is 32.1 Å². The summed E-state index contributed by atoms with van der Waals surface area (Å²) in [7, 11) is 0. The zero-order valence-electron chi connectivity index (χ0n) is 9.45. The van der Waals surface area contributed by atoms with Crippen LogP contribution in [0.4, 0.5) is 11.6 Å². The Kier molecular flexibility index (Phi) is 2.42. The molecule has 3 N–H and O–H groups in total. The first-order chi connectivity index (χ1) is 7.81. The number of nitrogen functional groups attached to an aromatic ring is 1. The molecule has 0 spiro atoms. The van der Waals surface area contributed by atoms with Crippen LogP contribution in [0.5, 0.6) is 0 Å². The molecule has 1 heterocycles. The minimum Gasteiger partial charge on any atom is -0.384 e. The molecule has 0 atom stereocenters. The number of hydrogen-bond acceptors (Lipinski definition) is 4. The van der Waals surface area contributed by atoms with Crippen LogP contribution < -0.4 is 11.1 Å². The Morgan fingerprint density at radius 1 is 1.25 bits per heavy atom. The number of nitrogens with one attached hydrogen (secondary N) is 1. The normalized spacial score (nSPS) is 19.8. The van der Waals surface area contributed by atoms with Gasteiger partial charge in [0.25, 0.3) is 0 Å². The Morgan fingerprint density at radius 3 is 2.75 bits per heavy atom. The molecule has 3 rings (SSSR count). The number of aromatic nitrogens is 2. The predicted octanol–water partition coefficient (Wildman–Crippen LogP) is 2.15. The Hall–Kier alpha value is -1.32. The minimum atomic E-state index is 0.562. The second kappa shape index (κ2) is 3.92. The third kappa shape index (κ3) is 2.43. The lowest BCUT2D eigenvalue weighted by Crippen LogP contribution is -2.07. The molecule has 0 radical (unpaired) electrons. The van der Waals surface area contributed by atoms with Crippen molar-refractivity contribution in [2.24, 2.45) is 5.92 Å². The fourth-order valence-corrected chi connectivity index (χ4v) is 1.91. The van der Waals surface area contributed by atoms with Crippen LogP contribution in [0.1, 0.15) is 43.8 Å². The van der Waals surface area contributed by atoms with Crippen molar-refractivity contribution < 1.29 is 0 Å². The van der Waals surface area contributed by atoms with E-state index in [1.54, 1.807) is 0 Å². The molecule has 0 aliphatic heterocycles. The topological polar surface area (TPSA) is 63.8 Å². The smallest absolute Gasteiger partial charge is 0.136 e. The summed E-state index contributed by atoms with van der Waals surface area (Å²) in [4.78, 5) is 8.79. The average Bonchev–Trinajstić information content (AvgIpc) is 3.12. The van der Waals surface area contributed by atoms with E-state index >= 15 is 0 Å². The number of rotatable bonds is 5. The molecule has 16 heavy (non-hydrogen) atoms. The Morgan fingerprint density at radius 2 is 2.06 bits per heavy atom. The van der Waals surface area contributed by atoms with Gasteiger partial charge in [-0.1, -0.05) is 12.8 Å². The molecule has 2 aliphatic rings. The zero-order valence-corrected chi connectivity index (χ0v) is 9.45. The molecular weight excluding hydrogens is 200 g/mol. The van der Waals surface area contributed by atoms with Crippen LogP contribution in [0.3, 0.4) is 0 Å². The molecule has 4 nitrogen and oxygen atoms in total. The van der Waals surface area contributed by atoms with Crippen molar-refractivity contribution in [3.05, 3.63) is 11.9 Å². The van der Waals surface area contributed by atoms with Gasteiger partial charge in [0.05, 0.1) is 0 Å². The molecule has 2 saturated carbocycles. The van der Waals surface area contributed by atoms with Gasteiger partial charge in [0, 0.05) is 18.5 Å². The van der Waals surface area contributed by atoms with E-state index in [1.807, 2.05) is 6.07 Å². The molecule has 0 amide bonds. The van der Waals surface area contributed by atoms with E-state index in [9.17, 15) is 0 Å². The standard InChI is InChI=1S/C12H18N4/c13-10-7-11(14-6-5-8-1-2-8)16-12(15-10)9-3-4-9/h7-9H,1-6H2,(H3,13,14,15,16). The van der Waals surface area contributed by atoms with Crippen molar-refractivity contribution in [1.29, 1.82) is 0 Å². The predicted molar refractivity (Wildman–Crippen MR) is 64.3 cm³/mol. The van der Waals surface area contributed by atoms with Crippen molar-refractivity contribution in [2.45, 2.75) is 38.0 Å². The zero-order chi connectivity index (χ0) is 11.0. The highest BCUT2D eigenvalue weighted by Gasteiger charge is 2.27. The second-order valence-electron chi connectivity index (χ2n) is 4.97. The van der Waals surface area contributed by atoms with Gasteiger partial charge >= 0.3 is 0 Å². The highest BCUT2D eigenvalue weighted by Crippen LogP contribution is 2.38. The largest absolute Gasteiger partial charge is 0.384 e. The van der Waals surface area contributed by atoms with Crippen LogP contribution in [0.15, 0.2) is 6.07 Å². The summed E-state index contributed by atoms with van der Waals surface area (Å²) in [5, 5.41) is 3.35. The van der Waals surface area contributed by atoms with Gasteiger partial charge in [0.15, 0.2) is 0 Å². The lowest BCUT2D eigenvalue weighted by atomic mass is 10.3. The number of hydrogen-bond donors (Lipinski definition) is 2.